The molecule has 0 saturated heterocycles. The van der Waals surface area contributed by atoms with E-state index in [9.17, 15) is 5.11 Å². The third-order valence-corrected chi connectivity index (χ3v) is 5.78. The topological polar surface area (TPSA) is 62.2 Å². The first-order valence-electron chi connectivity index (χ1n) is 9.55. The van der Waals surface area contributed by atoms with Gasteiger partial charge in [-0.05, 0) is 41.1 Å². The molecule has 3 aromatic carbocycles. The van der Waals surface area contributed by atoms with Crippen LogP contribution < -0.4 is 15.4 Å². The molecule has 6 heteroatoms. The van der Waals surface area contributed by atoms with Gasteiger partial charge in [0.1, 0.15) is 6.34 Å². The van der Waals surface area contributed by atoms with E-state index in [1.807, 2.05) is 89.5 Å². The molecule has 0 unspecified atom stereocenters. The molecule has 0 spiro atoms. The van der Waals surface area contributed by atoms with Gasteiger partial charge in [-0.15, -0.1) is 0 Å². The lowest BCUT2D eigenvalue weighted by molar-refractivity contribution is 0.419. The van der Waals surface area contributed by atoms with Crippen LogP contribution in [0.15, 0.2) is 93.8 Å². The summed E-state index contributed by atoms with van der Waals surface area (Å²) in [6, 6.07) is 25.7. The van der Waals surface area contributed by atoms with Gasteiger partial charge < -0.3 is 5.11 Å². The molecular weight excluding hydrogens is 392 g/mol. The van der Waals surface area contributed by atoms with Crippen LogP contribution in [0.5, 0.6) is 5.88 Å². The minimum Gasteiger partial charge on any atom is -0.493 e. The standard InChI is InChI=1S/C24H18N4OS/c29-23-22(14-18-11-12-20-21(13-18)26-16-25-20)30-24(27-19-9-5-2-6-10-19)28(23)15-17-7-3-1-4-8-17/h1-14,16,29H,15H2/b18-14+,27-24?. The van der Waals surface area contributed by atoms with Gasteiger partial charge in [0.2, 0.25) is 5.88 Å². The summed E-state index contributed by atoms with van der Waals surface area (Å²) in [4.78, 5) is 14.7. The van der Waals surface area contributed by atoms with Gasteiger partial charge in [-0.1, -0.05) is 65.9 Å². The average Bonchev–Trinajstić information content (AvgIpc) is 3.35. The van der Waals surface area contributed by atoms with Gasteiger partial charge in [-0.2, -0.15) is 0 Å². The van der Waals surface area contributed by atoms with E-state index in [1.54, 1.807) is 6.34 Å². The molecule has 4 aromatic rings. The third kappa shape index (κ3) is 3.73. The molecule has 30 heavy (non-hydrogen) atoms. The van der Waals surface area contributed by atoms with Crippen molar-refractivity contribution in [1.82, 2.24) is 4.57 Å². The van der Waals surface area contributed by atoms with Crippen LogP contribution in [0.4, 0.5) is 11.4 Å². The molecule has 5 nitrogen and oxygen atoms in total. The summed E-state index contributed by atoms with van der Waals surface area (Å²) in [6.45, 7) is 0.538. The van der Waals surface area contributed by atoms with Crippen LogP contribution in [0.25, 0.3) is 6.08 Å². The van der Waals surface area contributed by atoms with Crippen LogP contribution in [-0.4, -0.2) is 16.0 Å². The molecule has 2 heterocycles. The van der Waals surface area contributed by atoms with Crippen molar-refractivity contribution in [2.75, 3.05) is 0 Å². The predicted molar refractivity (Wildman–Crippen MR) is 120 cm³/mol. The fourth-order valence-corrected chi connectivity index (χ4v) is 4.27. The minimum atomic E-state index is 0.201. The average molecular weight is 411 g/mol. The summed E-state index contributed by atoms with van der Waals surface area (Å²) in [5.74, 6) is 0.201. The maximum atomic E-state index is 11.0. The van der Waals surface area contributed by atoms with E-state index in [0.29, 0.717) is 6.54 Å². The zero-order valence-corrected chi connectivity index (χ0v) is 16.8. The summed E-state index contributed by atoms with van der Waals surface area (Å²) in [5, 5.41) is 12.9. The van der Waals surface area contributed by atoms with E-state index in [2.05, 4.69) is 9.98 Å². The largest absolute Gasteiger partial charge is 0.493 e. The normalized spacial score (nSPS) is 13.5. The van der Waals surface area contributed by atoms with Crippen LogP contribution in [0.3, 0.4) is 0 Å². The Morgan fingerprint density at radius 3 is 2.53 bits per heavy atom. The van der Waals surface area contributed by atoms with Gasteiger partial charge in [-0.3, -0.25) is 4.57 Å². The second-order valence-corrected chi connectivity index (χ2v) is 7.87. The maximum Gasteiger partial charge on any atom is 0.211 e. The number of aromatic hydroxyl groups is 1. The first-order chi connectivity index (χ1) is 14.8. The van der Waals surface area contributed by atoms with Gasteiger partial charge in [0, 0.05) is 0 Å². The highest BCUT2D eigenvalue weighted by atomic mass is 32.1. The molecule has 1 N–H and O–H groups in total. The SMILES string of the molecule is Oc1c(/C=c2\ccc3c(c2)N=CN=3)sc(=Nc2ccccc2)n1Cc1ccccc1. The van der Waals surface area contributed by atoms with E-state index in [0.717, 1.165) is 37.2 Å². The Balaban J connectivity index is 1.65. The molecule has 1 aliphatic heterocycles. The lowest BCUT2D eigenvalue weighted by atomic mass is 10.2. The Morgan fingerprint density at radius 1 is 0.967 bits per heavy atom. The number of para-hydroxylation sites is 1. The van der Waals surface area contributed by atoms with Crippen molar-refractivity contribution in [3.8, 4) is 5.88 Å². The Labute approximate surface area is 177 Å². The molecule has 146 valence electrons. The monoisotopic (exact) mass is 410 g/mol. The number of hydrogen-bond donors (Lipinski definition) is 1. The smallest absolute Gasteiger partial charge is 0.211 e. The predicted octanol–water partition coefficient (Wildman–Crippen LogP) is 3.66. The molecule has 0 fully saturated rings. The summed E-state index contributed by atoms with van der Waals surface area (Å²) < 4.78 is 1.85. The van der Waals surface area contributed by atoms with Crippen molar-refractivity contribution >= 4 is 35.1 Å². The van der Waals surface area contributed by atoms with Crippen molar-refractivity contribution in [1.29, 1.82) is 0 Å². The van der Waals surface area contributed by atoms with Crippen molar-refractivity contribution in [3.05, 3.63) is 105 Å². The Bertz CT molecular complexity index is 1420. The van der Waals surface area contributed by atoms with E-state index in [4.69, 9.17) is 4.99 Å². The quantitative estimate of drug-likeness (QED) is 0.548. The molecule has 0 aliphatic carbocycles. The fraction of sp³-hybridized carbons (Fsp3) is 0.0417. The molecular formula is C24H18N4OS. The number of aliphatic imine (C=N–C) groups is 1. The second kappa shape index (κ2) is 7.93. The molecule has 0 radical (unpaired) electrons. The first kappa shape index (κ1) is 18.3. The van der Waals surface area contributed by atoms with E-state index in [1.165, 1.54) is 11.3 Å². The van der Waals surface area contributed by atoms with Crippen LogP contribution in [0.1, 0.15) is 10.4 Å². The van der Waals surface area contributed by atoms with Crippen LogP contribution in [0.2, 0.25) is 0 Å². The van der Waals surface area contributed by atoms with Crippen LogP contribution in [0, 0.1) is 0 Å². The molecule has 0 saturated carbocycles. The van der Waals surface area contributed by atoms with E-state index < -0.39 is 0 Å². The van der Waals surface area contributed by atoms with Gasteiger partial charge in [-0.25, -0.2) is 15.0 Å². The van der Waals surface area contributed by atoms with E-state index >= 15 is 0 Å². The fourth-order valence-electron chi connectivity index (χ4n) is 3.27. The zero-order valence-electron chi connectivity index (χ0n) is 16.0. The van der Waals surface area contributed by atoms with Crippen LogP contribution in [-0.2, 0) is 6.54 Å². The number of fused-ring (bicyclic) bond motifs is 1. The van der Waals surface area contributed by atoms with Crippen LogP contribution >= 0.6 is 11.3 Å². The van der Waals surface area contributed by atoms with E-state index in [-0.39, 0.29) is 5.88 Å². The molecule has 0 amide bonds. The number of benzene rings is 3. The maximum absolute atomic E-state index is 11.0. The van der Waals surface area contributed by atoms with Crippen molar-refractivity contribution in [2.45, 2.75) is 6.54 Å². The zero-order chi connectivity index (χ0) is 20.3. The number of aromatic nitrogens is 1. The summed E-state index contributed by atoms with van der Waals surface area (Å²) in [6.07, 6.45) is 3.52. The van der Waals surface area contributed by atoms with Crippen molar-refractivity contribution in [2.24, 2.45) is 15.0 Å². The Hall–Kier alpha value is -3.77. The highest BCUT2D eigenvalue weighted by Crippen LogP contribution is 2.23. The van der Waals surface area contributed by atoms with Gasteiger partial charge in [0.15, 0.2) is 4.80 Å². The molecule has 0 bridgehead atoms. The van der Waals surface area contributed by atoms with Gasteiger partial charge >= 0.3 is 0 Å². The second-order valence-electron chi connectivity index (χ2n) is 6.86. The third-order valence-electron chi connectivity index (χ3n) is 4.76. The Kier molecular flexibility index (Phi) is 4.83. The molecule has 0 atom stereocenters. The summed E-state index contributed by atoms with van der Waals surface area (Å²) in [7, 11) is 0. The minimum absolute atomic E-state index is 0.201. The lowest BCUT2D eigenvalue weighted by Crippen LogP contribution is -2.14. The lowest BCUT2D eigenvalue weighted by Gasteiger charge is -2.05. The summed E-state index contributed by atoms with van der Waals surface area (Å²) in [5.41, 5.74) is 2.78. The van der Waals surface area contributed by atoms with Gasteiger partial charge in [0.25, 0.3) is 0 Å². The molecule has 5 rings (SSSR count). The number of rotatable bonds is 4. The highest BCUT2D eigenvalue weighted by Gasteiger charge is 2.12. The molecule has 1 aromatic heterocycles. The number of thiazole rings is 1. The van der Waals surface area contributed by atoms with Crippen molar-refractivity contribution in [3.63, 3.8) is 0 Å². The van der Waals surface area contributed by atoms with Gasteiger partial charge in [0.05, 0.1) is 28.2 Å². The number of nitrogens with zero attached hydrogens (tertiary/aromatic N) is 4. The molecule has 1 aliphatic rings. The van der Waals surface area contributed by atoms with Crippen molar-refractivity contribution < 1.29 is 5.11 Å². The summed E-state index contributed by atoms with van der Waals surface area (Å²) >= 11 is 1.46. The highest BCUT2D eigenvalue weighted by molar-refractivity contribution is 7.10. The first-order valence-corrected chi connectivity index (χ1v) is 10.4. The Morgan fingerprint density at radius 2 is 1.73 bits per heavy atom. The number of hydrogen-bond acceptors (Lipinski definition) is 5.